The molecule has 0 fully saturated rings. The van der Waals surface area contributed by atoms with Crippen molar-refractivity contribution < 1.29 is 9.84 Å². The van der Waals surface area contributed by atoms with Crippen LogP contribution in [0.2, 0.25) is 0 Å². The van der Waals surface area contributed by atoms with Crippen LogP contribution in [0.1, 0.15) is 11.1 Å². The topological polar surface area (TPSA) is 78.2 Å². The molecule has 0 saturated heterocycles. The molecular formula is C16H17N3O2. The lowest BCUT2D eigenvalue weighted by Crippen LogP contribution is -2.26. The Bertz CT molecular complexity index is 637. The van der Waals surface area contributed by atoms with Gasteiger partial charge in [0.15, 0.2) is 0 Å². The lowest BCUT2D eigenvalue weighted by atomic mass is 10.2. The Hall–Kier alpha value is -2.58. The predicted molar refractivity (Wildman–Crippen MR) is 80.1 cm³/mol. The van der Waals surface area contributed by atoms with Crippen molar-refractivity contribution in [3.05, 3.63) is 53.7 Å². The van der Waals surface area contributed by atoms with Crippen LogP contribution in [-0.4, -0.2) is 29.3 Å². The van der Waals surface area contributed by atoms with Gasteiger partial charge in [-0.1, -0.05) is 12.1 Å². The summed E-state index contributed by atoms with van der Waals surface area (Å²) in [5, 5.41) is 21.8. The number of nitriles is 1. The molecule has 0 aliphatic carbocycles. The third-order valence-corrected chi connectivity index (χ3v) is 2.87. The van der Waals surface area contributed by atoms with Crippen LogP contribution in [0.3, 0.4) is 0 Å². The van der Waals surface area contributed by atoms with Crippen LogP contribution in [0.25, 0.3) is 0 Å². The Morgan fingerprint density at radius 1 is 1.38 bits per heavy atom. The number of aliphatic hydroxyl groups excluding tert-OH is 1. The number of nitrogens with one attached hydrogen (secondary N) is 1. The molecule has 2 aromatic rings. The summed E-state index contributed by atoms with van der Waals surface area (Å²) in [4.78, 5) is 4.07. The Morgan fingerprint density at radius 3 is 3.00 bits per heavy atom. The van der Waals surface area contributed by atoms with Crippen LogP contribution in [0, 0.1) is 18.3 Å². The smallest absolute Gasteiger partial charge is 0.143 e. The number of rotatable bonds is 6. The minimum atomic E-state index is -0.695. The van der Waals surface area contributed by atoms with Crippen LogP contribution < -0.4 is 10.1 Å². The monoisotopic (exact) mass is 283 g/mol. The average Bonchev–Trinajstić information content (AvgIpc) is 2.51. The number of ether oxygens (including phenoxy) is 1. The summed E-state index contributed by atoms with van der Waals surface area (Å²) in [5.41, 5.74) is 1.55. The van der Waals surface area contributed by atoms with E-state index in [1.54, 1.807) is 18.3 Å². The molecule has 5 nitrogen and oxygen atoms in total. The second kappa shape index (κ2) is 7.27. The maximum absolute atomic E-state index is 9.91. The van der Waals surface area contributed by atoms with E-state index in [0.717, 1.165) is 11.3 Å². The molecule has 1 unspecified atom stereocenters. The lowest BCUT2D eigenvalue weighted by Gasteiger charge is -2.14. The molecule has 1 heterocycles. The Kier molecular flexibility index (Phi) is 5.13. The van der Waals surface area contributed by atoms with Gasteiger partial charge in [0.1, 0.15) is 30.3 Å². The van der Waals surface area contributed by atoms with Crippen LogP contribution in [0.4, 0.5) is 5.82 Å². The third kappa shape index (κ3) is 4.48. The van der Waals surface area contributed by atoms with Gasteiger partial charge >= 0.3 is 0 Å². The Labute approximate surface area is 123 Å². The molecule has 0 radical (unpaired) electrons. The molecule has 0 aliphatic rings. The average molecular weight is 283 g/mol. The number of hydrogen-bond donors (Lipinski definition) is 2. The predicted octanol–water partition coefficient (Wildman–Crippen LogP) is 2.11. The second-order valence-electron chi connectivity index (χ2n) is 4.67. The minimum absolute atomic E-state index is 0.172. The highest BCUT2D eigenvalue weighted by Crippen LogP contribution is 2.13. The first-order valence-electron chi connectivity index (χ1n) is 6.65. The van der Waals surface area contributed by atoms with Gasteiger partial charge in [0.05, 0.1) is 5.56 Å². The highest BCUT2D eigenvalue weighted by molar-refractivity contribution is 5.51. The molecule has 1 aromatic carbocycles. The van der Waals surface area contributed by atoms with E-state index in [-0.39, 0.29) is 13.2 Å². The van der Waals surface area contributed by atoms with E-state index in [4.69, 9.17) is 10.00 Å². The Balaban J connectivity index is 1.82. The molecule has 0 amide bonds. The molecular weight excluding hydrogens is 266 g/mol. The molecule has 0 spiro atoms. The van der Waals surface area contributed by atoms with E-state index in [1.807, 2.05) is 37.3 Å². The molecule has 21 heavy (non-hydrogen) atoms. The van der Waals surface area contributed by atoms with Gasteiger partial charge in [0.2, 0.25) is 0 Å². The van der Waals surface area contributed by atoms with E-state index < -0.39 is 6.10 Å². The van der Waals surface area contributed by atoms with E-state index in [2.05, 4.69) is 10.3 Å². The molecule has 108 valence electrons. The second-order valence-corrected chi connectivity index (χ2v) is 4.67. The summed E-state index contributed by atoms with van der Waals surface area (Å²) in [5.74, 6) is 1.19. The number of aryl methyl sites for hydroxylation is 1. The maximum atomic E-state index is 9.91. The van der Waals surface area contributed by atoms with Gasteiger partial charge < -0.3 is 15.2 Å². The highest BCUT2D eigenvalue weighted by atomic mass is 16.5. The van der Waals surface area contributed by atoms with Crippen molar-refractivity contribution >= 4 is 5.82 Å². The summed E-state index contributed by atoms with van der Waals surface area (Å²) in [7, 11) is 0. The van der Waals surface area contributed by atoms with Crippen LogP contribution in [0.15, 0.2) is 42.6 Å². The molecule has 0 aliphatic heterocycles. The molecule has 2 N–H and O–H groups in total. The normalized spacial score (nSPS) is 11.5. The van der Waals surface area contributed by atoms with E-state index in [1.165, 1.54) is 0 Å². The summed E-state index contributed by atoms with van der Waals surface area (Å²) >= 11 is 0. The van der Waals surface area contributed by atoms with Crippen LogP contribution >= 0.6 is 0 Å². The lowest BCUT2D eigenvalue weighted by molar-refractivity contribution is 0.117. The first-order valence-corrected chi connectivity index (χ1v) is 6.65. The van der Waals surface area contributed by atoms with Gasteiger partial charge in [0.25, 0.3) is 0 Å². The van der Waals surface area contributed by atoms with Gasteiger partial charge in [0, 0.05) is 12.7 Å². The zero-order valence-electron chi connectivity index (χ0n) is 11.8. The van der Waals surface area contributed by atoms with Crippen molar-refractivity contribution in [2.24, 2.45) is 0 Å². The fourth-order valence-corrected chi connectivity index (χ4v) is 1.81. The number of nitrogens with zero attached hydrogens (tertiary/aromatic N) is 2. The van der Waals surface area contributed by atoms with Crippen molar-refractivity contribution in [2.45, 2.75) is 13.0 Å². The molecule has 2 rings (SSSR count). The van der Waals surface area contributed by atoms with Crippen molar-refractivity contribution in [1.82, 2.24) is 4.98 Å². The number of aromatic nitrogens is 1. The molecule has 1 aromatic heterocycles. The number of pyridine rings is 1. The van der Waals surface area contributed by atoms with Crippen LogP contribution in [0.5, 0.6) is 5.75 Å². The number of hydrogen-bond acceptors (Lipinski definition) is 5. The minimum Gasteiger partial charge on any atom is -0.491 e. The molecule has 1 atom stereocenters. The number of anilines is 1. The Morgan fingerprint density at radius 2 is 2.24 bits per heavy atom. The van der Waals surface area contributed by atoms with Crippen molar-refractivity contribution in [1.29, 1.82) is 5.26 Å². The third-order valence-electron chi connectivity index (χ3n) is 2.87. The first-order chi connectivity index (χ1) is 10.2. The summed E-state index contributed by atoms with van der Waals surface area (Å²) in [6, 6.07) is 13.1. The van der Waals surface area contributed by atoms with Gasteiger partial charge in [-0.15, -0.1) is 0 Å². The summed E-state index contributed by atoms with van der Waals surface area (Å²) in [6.45, 7) is 2.41. The molecule has 0 bridgehead atoms. The zero-order chi connectivity index (χ0) is 15.1. The molecule has 5 heteroatoms. The first kappa shape index (κ1) is 14.8. The highest BCUT2D eigenvalue weighted by Gasteiger charge is 2.08. The fourth-order valence-electron chi connectivity index (χ4n) is 1.81. The van der Waals surface area contributed by atoms with Crippen LogP contribution in [-0.2, 0) is 0 Å². The summed E-state index contributed by atoms with van der Waals surface area (Å²) in [6.07, 6.45) is 0.901. The largest absolute Gasteiger partial charge is 0.491 e. The van der Waals surface area contributed by atoms with E-state index >= 15 is 0 Å². The van der Waals surface area contributed by atoms with Crippen molar-refractivity contribution in [3.63, 3.8) is 0 Å². The van der Waals surface area contributed by atoms with Gasteiger partial charge in [-0.05, 0) is 36.8 Å². The van der Waals surface area contributed by atoms with Crippen molar-refractivity contribution in [2.75, 3.05) is 18.5 Å². The SMILES string of the molecule is Cc1cccc(OCC(O)CNc2ncccc2C#N)c1. The standard InChI is InChI=1S/C16H17N3O2/c1-12-4-2-6-15(8-12)21-11-14(20)10-19-16-13(9-17)5-3-7-18-16/h2-8,14,20H,10-11H2,1H3,(H,18,19). The maximum Gasteiger partial charge on any atom is 0.143 e. The van der Waals surface area contributed by atoms with Gasteiger partial charge in [-0.2, -0.15) is 5.26 Å². The van der Waals surface area contributed by atoms with Crippen molar-refractivity contribution in [3.8, 4) is 11.8 Å². The van der Waals surface area contributed by atoms with Gasteiger partial charge in [-0.3, -0.25) is 0 Å². The molecule has 0 saturated carbocycles. The fraction of sp³-hybridized carbons (Fsp3) is 0.250. The quantitative estimate of drug-likeness (QED) is 0.849. The van der Waals surface area contributed by atoms with E-state index in [9.17, 15) is 5.11 Å². The zero-order valence-corrected chi connectivity index (χ0v) is 11.8. The van der Waals surface area contributed by atoms with Gasteiger partial charge in [-0.25, -0.2) is 4.98 Å². The van der Waals surface area contributed by atoms with E-state index in [0.29, 0.717) is 11.4 Å². The number of benzene rings is 1. The number of aliphatic hydroxyl groups is 1. The summed E-state index contributed by atoms with van der Waals surface area (Å²) < 4.78 is 5.52.